The summed E-state index contributed by atoms with van der Waals surface area (Å²) < 4.78 is 296. The number of aliphatic hydroxyl groups excluding tert-OH is 1. The van der Waals surface area contributed by atoms with Crippen LogP contribution >= 0.6 is 0 Å². The number of benzene rings is 5. The number of aromatic nitrogens is 2. The molecule has 0 fully saturated rings. The van der Waals surface area contributed by atoms with Crippen LogP contribution in [0, 0.1) is 116 Å². The van der Waals surface area contributed by atoms with E-state index < -0.39 is 144 Å². The van der Waals surface area contributed by atoms with E-state index in [2.05, 4.69) is 4.98 Å². The van der Waals surface area contributed by atoms with Crippen LogP contribution in [0.25, 0.3) is 0 Å². The number of nitrogens with zero attached hydrogens (tertiary/aromatic N) is 2. The van der Waals surface area contributed by atoms with Gasteiger partial charge in [-0.15, -0.1) is 21.9 Å². The molecule has 5 aromatic carbocycles. The molecule has 0 unspecified atom stereocenters. The van der Waals surface area contributed by atoms with Gasteiger partial charge in [0.1, 0.15) is 58.4 Å². The van der Waals surface area contributed by atoms with Crippen molar-refractivity contribution in [1.82, 2.24) is 4.98 Å². The number of rotatable bonds is 8. The van der Waals surface area contributed by atoms with Gasteiger partial charge in [-0.25, -0.2) is 92.8 Å². The van der Waals surface area contributed by atoms with E-state index in [1.807, 2.05) is 18.2 Å². The molecule has 62 heavy (non-hydrogen) atoms. The molecule has 25 heteroatoms. The molecule has 1 N–H and O–H groups in total. The van der Waals surface area contributed by atoms with Crippen molar-refractivity contribution in [1.29, 1.82) is 0 Å². The maximum atomic E-state index is 15.4. The minimum Gasteiger partial charge on any atom is -0.390 e. The molecule has 6 aromatic rings. The fourth-order valence-corrected chi connectivity index (χ4v) is 6.42. The normalized spacial score (nSPS) is 11.5. The van der Waals surface area contributed by atoms with Crippen LogP contribution in [0.3, 0.4) is 0 Å². The Labute approximate surface area is 330 Å². The van der Waals surface area contributed by atoms with Crippen LogP contribution in [0.5, 0.6) is 0 Å². The minimum absolute atomic E-state index is 0.0330. The predicted octanol–water partition coefficient (Wildman–Crippen LogP) is 6.59. The van der Waals surface area contributed by atoms with Crippen LogP contribution in [0.15, 0.2) is 48.9 Å². The van der Waals surface area contributed by atoms with Crippen molar-refractivity contribution in [3.05, 3.63) is 177 Å². The van der Waals surface area contributed by atoms with Crippen molar-refractivity contribution >= 4 is 33.8 Å². The van der Waals surface area contributed by atoms with Crippen molar-refractivity contribution in [3.63, 3.8) is 0 Å². The molecule has 0 bridgehead atoms. The average Bonchev–Trinajstić information content (AvgIpc) is 3.26. The molecule has 0 radical (unpaired) electrons. The summed E-state index contributed by atoms with van der Waals surface area (Å²) in [6.45, 7) is 0.125. The Hall–Kier alpha value is -6.53. The lowest BCUT2D eigenvalue weighted by Gasteiger charge is -2.44. The summed E-state index contributed by atoms with van der Waals surface area (Å²) in [4.78, 5) is 15.9. The summed E-state index contributed by atoms with van der Waals surface area (Å²) in [5.41, 5.74) is -13.1. The van der Waals surface area contributed by atoms with Crippen molar-refractivity contribution in [3.8, 4) is 0 Å². The number of carbonyl (C=O) groups is 1. The first-order valence-electron chi connectivity index (χ1n) is 16.3. The first-order valence-corrected chi connectivity index (χ1v) is 16.3. The summed E-state index contributed by atoms with van der Waals surface area (Å²) in [6, 6.07) is 9.13. The molecule has 0 saturated heterocycles. The largest absolute Gasteiger partial charge is 0.390 e. The van der Waals surface area contributed by atoms with E-state index in [-0.39, 0.29) is 18.9 Å². The number of ketones is 1. The molecule has 1 heterocycles. The highest BCUT2D eigenvalue weighted by Gasteiger charge is 2.52. The van der Waals surface area contributed by atoms with Gasteiger partial charge in [-0.1, -0.05) is 30.3 Å². The van der Waals surface area contributed by atoms with Gasteiger partial charge in [-0.2, -0.15) is 4.57 Å². The number of Topliss-reactive ketones (excluding diaryl/α,β-unsaturated/α-hetero) is 1. The second-order valence-electron chi connectivity index (χ2n) is 12.5. The molecule has 0 atom stereocenters. The molecule has 326 valence electrons. The third-order valence-corrected chi connectivity index (χ3v) is 9.10. The topological polar surface area (TPSA) is 54.1 Å². The molecular formula is C37H13BF20N2O2. The van der Waals surface area contributed by atoms with Gasteiger partial charge in [0, 0.05) is 5.56 Å². The Morgan fingerprint density at radius 3 is 1.00 bits per heavy atom. The quantitative estimate of drug-likeness (QED) is 0.0469. The molecule has 6 rings (SSSR count). The minimum atomic E-state index is -7.22. The summed E-state index contributed by atoms with van der Waals surface area (Å²) in [5, 5.41) is 8.95. The average molecular weight is 908 g/mol. The lowest BCUT2D eigenvalue weighted by molar-refractivity contribution is -0.684. The Bertz CT molecular complexity index is 2410. The highest BCUT2D eigenvalue weighted by molar-refractivity contribution is 7.20. The third kappa shape index (κ3) is 7.36. The van der Waals surface area contributed by atoms with Gasteiger partial charge < -0.3 is 5.11 Å². The predicted molar refractivity (Wildman–Crippen MR) is 170 cm³/mol. The van der Waals surface area contributed by atoms with Gasteiger partial charge in [-0.3, -0.25) is 4.79 Å². The van der Waals surface area contributed by atoms with Crippen molar-refractivity contribution < 1.29 is 102 Å². The fourth-order valence-electron chi connectivity index (χ4n) is 6.42. The Balaban J connectivity index is 0.000000355. The van der Waals surface area contributed by atoms with Gasteiger partial charge >= 0.3 is 0 Å². The zero-order valence-corrected chi connectivity index (χ0v) is 29.4. The van der Waals surface area contributed by atoms with Crippen molar-refractivity contribution in [2.75, 3.05) is 0 Å². The molecule has 0 amide bonds. The molecule has 0 aliphatic rings. The maximum absolute atomic E-state index is 15.4. The second kappa shape index (κ2) is 17.5. The van der Waals surface area contributed by atoms with Crippen LogP contribution in [0.1, 0.15) is 16.1 Å². The van der Waals surface area contributed by atoms with E-state index >= 15 is 35.1 Å². The summed E-state index contributed by atoms with van der Waals surface area (Å²) in [6.07, 6.45) is -2.27. The van der Waals surface area contributed by atoms with E-state index in [1.54, 1.807) is 35.3 Å². The van der Waals surface area contributed by atoms with Gasteiger partial charge in [-0.05, 0) is 0 Å². The number of carbonyl (C=O) groups excluding carboxylic acids is 1. The fraction of sp³-hybridized carbons (Fsp3) is 0.0541. The number of hydrogen-bond donors (Lipinski definition) is 1. The van der Waals surface area contributed by atoms with Crippen LogP contribution in [0.4, 0.5) is 87.8 Å². The summed E-state index contributed by atoms with van der Waals surface area (Å²) >= 11 is 0. The van der Waals surface area contributed by atoms with Crippen LogP contribution in [-0.4, -0.2) is 22.0 Å². The third-order valence-electron chi connectivity index (χ3n) is 9.10. The lowest BCUT2D eigenvalue weighted by Crippen LogP contribution is -2.81. The number of hydrogen-bond acceptors (Lipinski definition) is 3. The Kier molecular flexibility index (Phi) is 13.1. The molecule has 1 aromatic heterocycles. The van der Waals surface area contributed by atoms with E-state index in [0.717, 1.165) is 0 Å². The van der Waals surface area contributed by atoms with Crippen molar-refractivity contribution in [2.45, 2.75) is 13.2 Å². The SMILES string of the molecule is Fc1c(F)c(F)c([B-](c2c(F)c(F)c(F)c(F)c2F)(c2c(F)c(F)c(F)c(F)c2F)c2c(F)c(F)c(F)c(F)c2F)c(F)c1F.O=C(C[n+]1ccnc(CO)c1)c1ccccc1. The van der Waals surface area contributed by atoms with E-state index in [0.29, 0.717) is 11.3 Å². The van der Waals surface area contributed by atoms with Gasteiger partial charge in [0.05, 0.1) is 12.8 Å². The zero-order valence-electron chi connectivity index (χ0n) is 29.4. The maximum Gasteiger partial charge on any atom is 0.227 e. The molecular weight excluding hydrogens is 895 g/mol. The molecule has 0 saturated carbocycles. The van der Waals surface area contributed by atoms with Crippen LogP contribution in [-0.2, 0) is 13.2 Å². The van der Waals surface area contributed by atoms with Crippen LogP contribution in [0.2, 0.25) is 0 Å². The lowest BCUT2D eigenvalue weighted by atomic mass is 9.12. The summed E-state index contributed by atoms with van der Waals surface area (Å²) in [5.74, 6) is -71.4. The van der Waals surface area contributed by atoms with Gasteiger partial charge in [0.25, 0.3) is 0 Å². The Morgan fingerprint density at radius 1 is 0.452 bits per heavy atom. The first-order chi connectivity index (χ1) is 29.0. The highest BCUT2D eigenvalue weighted by Crippen LogP contribution is 2.30. The molecule has 0 aliphatic heterocycles. The van der Waals surface area contributed by atoms with E-state index in [4.69, 9.17) is 5.11 Å². The summed E-state index contributed by atoms with van der Waals surface area (Å²) in [7, 11) is 0. The first kappa shape index (κ1) is 46.5. The molecule has 4 nitrogen and oxygen atoms in total. The smallest absolute Gasteiger partial charge is 0.227 e. The van der Waals surface area contributed by atoms with Gasteiger partial charge in [0.15, 0.2) is 82.2 Å². The second-order valence-corrected chi connectivity index (χ2v) is 12.5. The Morgan fingerprint density at radius 2 is 0.726 bits per heavy atom. The van der Waals surface area contributed by atoms with Crippen LogP contribution < -0.4 is 26.4 Å². The van der Waals surface area contributed by atoms with E-state index in [1.165, 1.54) is 0 Å². The number of halogens is 20. The molecule has 0 aliphatic carbocycles. The monoisotopic (exact) mass is 908 g/mol. The van der Waals surface area contributed by atoms with Gasteiger partial charge in [0.2, 0.25) is 12.3 Å². The number of aliphatic hydroxyl groups is 1. The standard InChI is InChI=1S/C24BF20.C13H13N2O2/c26-5-1(6(27)14(35)21(42)13(5)34)25(2-7(28)15(36)22(43)16(37)8(2)29,3-9(30)17(38)23(44)18(39)10(3)31)4-11(32)19(40)24(45)20(41)12(4)33;16-10-12-8-15(7-6-14-12)9-13(17)11-4-2-1-3-5-11/h;1-8,16H,9-10H2/q-1;+1. The zero-order chi connectivity index (χ0) is 46.4. The highest BCUT2D eigenvalue weighted by atomic mass is 19.2. The van der Waals surface area contributed by atoms with E-state index in [9.17, 15) is 57.5 Å². The van der Waals surface area contributed by atoms with Crippen molar-refractivity contribution in [2.24, 2.45) is 0 Å². The molecule has 0 spiro atoms.